The lowest BCUT2D eigenvalue weighted by Gasteiger charge is -2.16. The molecule has 6 heteroatoms. The Morgan fingerprint density at radius 1 is 1.32 bits per heavy atom. The second-order valence-electron chi connectivity index (χ2n) is 4.73. The molecule has 0 radical (unpaired) electrons. The van der Waals surface area contributed by atoms with Crippen LogP contribution in [0.4, 0.5) is 13.2 Å². The highest BCUT2D eigenvalue weighted by Crippen LogP contribution is 2.35. The molecule has 0 unspecified atom stereocenters. The molecule has 1 aliphatic rings. The summed E-state index contributed by atoms with van der Waals surface area (Å²) in [6, 6.07) is 3.00. The predicted octanol–water partition coefficient (Wildman–Crippen LogP) is 2.95. The first kappa shape index (κ1) is 13.7. The van der Waals surface area contributed by atoms with E-state index in [1.54, 1.807) is 0 Å². The molecular weight excluding hydrogens is 259 g/mol. The molecule has 0 heterocycles. The molecular formula is C13H14F3NO2. The number of hydrogen-bond donors (Lipinski definition) is 0. The van der Waals surface area contributed by atoms with E-state index in [0.717, 1.165) is 25.0 Å². The summed E-state index contributed by atoms with van der Waals surface area (Å²) in [7, 11) is 2.98. The second-order valence-corrected chi connectivity index (χ2v) is 4.73. The van der Waals surface area contributed by atoms with Crippen molar-refractivity contribution in [2.75, 3.05) is 14.1 Å². The van der Waals surface area contributed by atoms with E-state index in [2.05, 4.69) is 0 Å². The summed E-state index contributed by atoms with van der Waals surface area (Å²) in [5.74, 6) is -0.282. The monoisotopic (exact) mass is 273 g/mol. The topological polar surface area (TPSA) is 29.5 Å². The molecule has 0 aliphatic heterocycles. The number of carbonyl (C=O) groups excluding carboxylic acids is 1. The molecule has 0 spiro atoms. The molecule has 1 fully saturated rings. The van der Waals surface area contributed by atoms with E-state index in [0.29, 0.717) is 0 Å². The summed E-state index contributed by atoms with van der Waals surface area (Å²) in [6.07, 6.45) is -2.71. The smallest absolute Gasteiger partial charge is 0.416 e. The van der Waals surface area contributed by atoms with Crippen LogP contribution in [0.2, 0.25) is 0 Å². The van der Waals surface area contributed by atoms with Gasteiger partial charge in [-0.05, 0) is 31.0 Å². The zero-order valence-electron chi connectivity index (χ0n) is 10.6. The molecule has 1 aromatic carbocycles. The van der Waals surface area contributed by atoms with Crippen LogP contribution in [-0.4, -0.2) is 31.0 Å². The maximum absolute atomic E-state index is 12.7. The Kier molecular flexibility index (Phi) is 3.43. The van der Waals surface area contributed by atoms with E-state index in [-0.39, 0.29) is 17.4 Å². The van der Waals surface area contributed by atoms with E-state index in [1.165, 1.54) is 25.1 Å². The van der Waals surface area contributed by atoms with Crippen molar-refractivity contribution in [2.45, 2.75) is 25.1 Å². The van der Waals surface area contributed by atoms with Crippen LogP contribution < -0.4 is 4.74 Å². The molecule has 104 valence electrons. The average Bonchev–Trinajstić information content (AvgIpc) is 3.11. The van der Waals surface area contributed by atoms with Crippen molar-refractivity contribution in [2.24, 2.45) is 0 Å². The SMILES string of the molecule is CN(C)C(=O)c1cc(C(F)(F)F)ccc1OC1CC1. The highest BCUT2D eigenvalue weighted by molar-refractivity contribution is 5.96. The number of ether oxygens (including phenoxy) is 1. The molecule has 3 nitrogen and oxygen atoms in total. The van der Waals surface area contributed by atoms with Crippen molar-refractivity contribution in [1.82, 2.24) is 4.90 Å². The Morgan fingerprint density at radius 2 is 1.95 bits per heavy atom. The van der Waals surface area contributed by atoms with Gasteiger partial charge >= 0.3 is 6.18 Å². The van der Waals surface area contributed by atoms with Gasteiger partial charge in [0.2, 0.25) is 0 Å². The number of rotatable bonds is 3. The summed E-state index contributed by atoms with van der Waals surface area (Å²) >= 11 is 0. The first-order valence-electron chi connectivity index (χ1n) is 5.88. The third-order valence-electron chi connectivity index (χ3n) is 2.76. The highest BCUT2D eigenvalue weighted by atomic mass is 19.4. The van der Waals surface area contributed by atoms with Crippen molar-refractivity contribution >= 4 is 5.91 Å². The Morgan fingerprint density at radius 3 is 2.42 bits per heavy atom. The first-order valence-corrected chi connectivity index (χ1v) is 5.88. The summed E-state index contributed by atoms with van der Waals surface area (Å²) in [4.78, 5) is 13.2. The number of carbonyl (C=O) groups is 1. The lowest BCUT2D eigenvalue weighted by Crippen LogP contribution is -2.23. The minimum atomic E-state index is -4.47. The minimum Gasteiger partial charge on any atom is -0.490 e. The van der Waals surface area contributed by atoms with Crippen molar-refractivity contribution in [3.05, 3.63) is 29.3 Å². The fourth-order valence-electron chi connectivity index (χ4n) is 1.58. The molecule has 1 aliphatic carbocycles. The molecule has 19 heavy (non-hydrogen) atoms. The van der Waals surface area contributed by atoms with Crippen LogP contribution in [0.15, 0.2) is 18.2 Å². The normalized spacial score (nSPS) is 15.2. The molecule has 0 N–H and O–H groups in total. The number of nitrogens with zero attached hydrogens (tertiary/aromatic N) is 1. The van der Waals surface area contributed by atoms with Crippen molar-refractivity contribution in [3.8, 4) is 5.75 Å². The van der Waals surface area contributed by atoms with Crippen LogP contribution in [0.5, 0.6) is 5.75 Å². The molecule has 0 bridgehead atoms. The number of amides is 1. The second kappa shape index (κ2) is 4.75. The molecule has 1 aromatic rings. The van der Waals surface area contributed by atoms with Gasteiger partial charge in [0.1, 0.15) is 5.75 Å². The van der Waals surface area contributed by atoms with Crippen LogP contribution in [0, 0.1) is 0 Å². The largest absolute Gasteiger partial charge is 0.490 e. The van der Waals surface area contributed by atoms with Gasteiger partial charge in [-0.25, -0.2) is 0 Å². The summed E-state index contributed by atoms with van der Waals surface area (Å²) in [5, 5.41) is 0. The van der Waals surface area contributed by atoms with E-state index in [4.69, 9.17) is 4.74 Å². The van der Waals surface area contributed by atoms with E-state index in [1.807, 2.05) is 0 Å². The van der Waals surface area contributed by atoms with Crippen LogP contribution in [0.25, 0.3) is 0 Å². The van der Waals surface area contributed by atoms with Gasteiger partial charge < -0.3 is 9.64 Å². The molecule has 0 atom stereocenters. The van der Waals surface area contributed by atoms with Gasteiger partial charge in [-0.2, -0.15) is 13.2 Å². The lowest BCUT2D eigenvalue weighted by atomic mass is 10.1. The molecule has 1 saturated carbocycles. The van der Waals surface area contributed by atoms with Crippen LogP contribution in [-0.2, 0) is 6.18 Å². The fourth-order valence-corrected chi connectivity index (χ4v) is 1.58. The fraction of sp³-hybridized carbons (Fsp3) is 0.462. The lowest BCUT2D eigenvalue weighted by molar-refractivity contribution is -0.137. The molecule has 0 saturated heterocycles. The van der Waals surface area contributed by atoms with E-state index < -0.39 is 17.6 Å². The molecule has 2 rings (SSSR count). The minimum absolute atomic E-state index is 0.0189. The summed E-state index contributed by atoms with van der Waals surface area (Å²) in [5.41, 5.74) is -0.896. The summed E-state index contributed by atoms with van der Waals surface area (Å²) < 4.78 is 43.5. The third kappa shape index (κ3) is 3.19. The van der Waals surface area contributed by atoms with Crippen molar-refractivity contribution in [1.29, 1.82) is 0 Å². The Balaban J connectivity index is 2.40. The van der Waals surface area contributed by atoms with Gasteiger partial charge in [0.15, 0.2) is 0 Å². The summed E-state index contributed by atoms with van der Waals surface area (Å²) in [6.45, 7) is 0. The van der Waals surface area contributed by atoms with Gasteiger partial charge in [-0.3, -0.25) is 4.79 Å². The zero-order chi connectivity index (χ0) is 14.2. The Labute approximate surface area is 109 Å². The van der Waals surface area contributed by atoms with Crippen LogP contribution in [0.3, 0.4) is 0 Å². The van der Waals surface area contributed by atoms with Crippen molar-refractivity contribution < 1.29 is 22.7 Å². The van der Waals surface area contributed by atoms with Crippen LogP contribution in [0.1, 0.15) is 28.8 Å². The Hall–Kier alpha value is -1.72. The van der Waals surface area contributed by atoms with E-state index >= 15 is 0 Å². The van der Waals surface area contributed by atoms with E-state index in [9.17, 15) is 18.0 Å². The highest BCUT2D eigenvalue weighted by Gasteiger charge is 2.33. The third-order valence-corrected chi connectivity index (χ3v) is 2.76. The van der Waals surface area contributed by atoms with Gasteiger partial charge in [0.05, 0.1) is 17.2 Å². The van der Waals surface area contributed by atoms with Crippen molar-refractivity contribution in [3.63, 3.8) is 0 Å². The molecule has 1 amide bonds. The maximum Gasteiger partial charge on any atom is 0.416 e. The zero-order valence-corrected chi connectivity index (χ0v) is 10.6. The number of benzene rings is 1. The van der Waals surface area contributed by atoms with Crippen LogP contribution >= 0.6 is 0 Å². The first-order chi connectivity index (χ1) is 8.79. The van der Waals surface area contributed by atoms with Gasteiger partial charge in [-0.1, -0.05) is 0 Å². The number of alkyl halides is 3. The van der Waals surface area contributed by atoms with Gasteiger partial charge in [-0.15, -0.1) is 0 Å². The number of halogens is 3. The maximum atomic E-state index is 12.7. The number of hydrogen-bond acceptors (Lipinski definition) is 2. The average molecular weight is 273 g/mol. The quantitative estimate of drug-likeness (QED) is 0.847. The van der Waals surface area contributed by atoms with Gasteiger partial charge in [0.25, 0.3) is 5.91 Å². The molecule has 0 aromatic heterocycles. The standard InChI is InChI=1S/C13H14F3NO2/c1-17(2)12(18)10-7-8(13(14,15)16)3-6-11(10)19-9-4-5-9/h3,6-7,9H,4-5H2,1-2H3. The predicted molar refractivity (Wildman–Crippen MR) is 63.1 cm³/mol. The van der Waals surface area contributed by atoms with Gasteiger partial charge in [0, 0.05) is 14.1 Å². The Bertz CT molecular complexity index is 493.